The fourth-order valence-corrected chi connectivity index (χ4v) is 11.3. The molecule has 1 heterocycles. The third kappa shape index (κ3) is 8.30. The van der Waals surface area contributed by atoms with Gasteiger partial charge in [0.05, 0.1) is 0 Å². The van der Waals surface area contributed by atoms with E-state index in [9.17, 15) is 0 Å². The molecule has 98 valence electrons. The summed E-state index contributed by atoms with van der Waals surface area (Å²) in [5, 5.41) is 6.89. The molecule has 0 saturated heterocycles. The van der Waals surface area contributed by atoms with Crippen LogP contribution in [0.25, 0.3) is 0 Å². The molecule has 0 radical (unpaired) electrons. The molecule has 3 nitrogen and oxygen atoms in total. The predicted octanol–water partition coefficient (Wildman–Crippen LogP) is 3.01. The summed E-state index contributed by atoms with van der Waals surface area (Å²) in [6.07, 6.45) is 7.33. The van der Waals surface area contributed by atoms with Crippen molar-refractivity contribution in [3.8, 4) is 0 Å². The summed E-state index contributed by atoms with van der Waals surface area (Å²) in [7, 11) is 0. The molecular weight excluding hydrogens is 323 g/mol. The van der Waals surface area contributed by atoms with Gasteiger partial charge < -0.3 is 5.11 Å². The first-order valence-corrected chi connectivity index (χ1v) is 12.7. The van der Waals surface area contributed by atoms with E-state index in [1.165, 1.54) is 38.3 Å². The fraction of sp³-hybridized carbons (Fsp3) is 0.615. The largest absolute Gasteiger partial charge is 0.483 e. The molecule has 0 aliphatic rings. The minimum atomic E-state index is -1.46. The Hall–Kier alpha value is -0.451. The van der Waals surface area contributed by atoms with Crippen LogP contribution in [0, 0.1) is 0 Å². The zero-order chi connectivity index (χ0) is 12.9. The van der Waals surface area contributed by atoms with Crippen LogP contribution in [0.1, 0.15) is 39.5 Å². The zero-order valence-electron chi connectivity index (χ0n) is 10.9. The van der Waals surface area contributed by atoms with E-state index in [0.717, 1.165) is 0 Å². The van der Waals surface area contributed by atoms with Gasteiger partial charge in [0.2, 0.25) is 0 Å². The third-order valence-corrected chi connectivity index (χ3v) is 12.3. The first-order valence-electron chi connectivity index (χ1n) is 6.41. The number of rotatable bonds is 7. The average Bonchev–Trinajstić information content (AvgIpc) is 2.84. The quantitative estimate of drug-likeness (QED) is 0.609. The minimum Gasteiger partial charge on any atom is -0.483 e. The van der Waals surface area contributed by atoms with E-state index in [-0.39, 0.29) is 6.47 Å². The fourth-order valence-electron chi connectivity index (χ4n) is 1.85. The third-order valence-electron chi connectivity index (χ3n) is 2.76. The summed E-state index contributed by atoms with van der Waals surface area (Å²) in [5.41, 5.74) is 0. The second-order valence-electron chi connectivity index (χ2n) is 4.10. The summed E-state index contributed by atoms with van der Waals surface area (Å²) in [4.78, 5) is 8.36. The number of hydrogen-bond donors (Lipinski definition) is 1. The Morgan fingerprint density at radius 3 is 2.18 bits per heavy atom. The van der Waals surface area contributed by atoms with Crippen molar-refractivity contribution < 1.29 is 14.3 Å². The summed E-state index contributed by atoms with van der Waals surface area (Å²) in [6, 6.07) is 4.27. The van der Waals surface area contributed by atoms with E-state index < -0.39 is 19.8 Å². The van der Waals surface area contributed by atoms with Gasteiger partial charge in [-0.15, -0.1) is 0 Å². The zero-order valence-corrected chi connectivity index (χ0v) is 14.2. The van der Waals surface area contributed by atoms with E-state index in [1.54, 1.807) is 0 Å². The molecule has 0 aliphatic heterocycles. The molecule has 4 heteroatoms. The Bertz CT molecular complexity index is 252. The van der Waals surface area contributed by atoms with Crippen LogP contribution in [0.15, 0.2) is 22.8 Å². The van der Waals surface area contributed by atoms with Gasteiger partial charge in [-0.25, -0.2) is 0 Å². The molecule has 1 aromatic heterocycles. The van der Waals surface area contributed by atoms with Crippen LogP contribution in [-0.2, 0) is 4.79 Å². The Balaban J connectivity index is 0.000000770. The molecule has 0 aliphatic carbocycles. The summed E-state index contributed by atoms with van der Waals surface area (Å²) < 4.78 is 9.96. The van der Waals surface area contributed by atoms with Crippen LogP contribution in [-0.4, -0.2) is 31.3 Å². The number of carbonyl (C=O) groups is 1. The van der Waals surface area contributed by atoms with Crippen molar-refractivity contribution in [1.82, 2.24) is 0 Å². The Morgan fingerprint density at radius 2 is 1.82 bits per heavy atom. The number of furan rings is 1. The standard InChI is InChI=1S/C4H3O.2C4H9.CH2O2.Sn.H/c1-2-4-5-3-1;2*1-3-4-2;2-1-3;;/h1-3H;2*1,3-4H2,2H3;1H,(H,2,3);;. The van der Waals surface area contributed by atoms with Gasteiger partial charge in [-0.3, -0.25) is 4.79 Å². The molecule has 1 aromatic rings. The van der Waals surface area contributed by atoms with Gasteiger partial charge in [0.25, 0.3) is 6.47 Å². The second-order valence-corrected chi connectivity index (χ2v) is 13.0. The maximum absolute atomic E-state index is 8.36. The maximum atomic E-state index is 8.36. The predicted molar refractivity (Wildman–Crippen MR) is 73.6 cm³/mol. The summed E-state index contributed by atoms with van der Waals surface area (Å²) >= 11 is -1.46. The van der Waals surface area contributed by atoms with Crippen LogP contribution in [0.4, 0.5) is 0 Å². The molecule has 0 unspecified atom stereocenters. The minimum absolute atomic E-state index is 0.250. The van der Waals surface area contributed by atoms with E-state index in [1.807, 2.05) is 6.26 Å². The van der Waals surface area contributed by atoms with Crippen molar-refractivity contribution in [3.63, 3.8) is 0 Å². The molecule has 0 aromatic carbocycles. The van der Waals surface area contributed by atoms with Crippen LogP contribution >= 0.6 is 0 Å². The first kappa shape index (κ1) is 16.5. The van der Waals surface area contributed by atoms with Gasteiger partial charge in [0.15, 0.2) is 0 Å². The van der Waals surface area contributed by atoms with Gasteiger partial charge in [0, 0.05) is 0 Å². The van der Waals surface area contributed by atoms with E-state index >= 15 is 0 Å². The molecule has 1 rings (SSSR count). The Labute approximate surface area is 111 Å². The maximum Gasteiger partial charge on any atom is 0.290 e. The van der Waals surface area contributed by atoms with Crippen LogP contribution in [0.2, 0.25) is 8.87 Å². The molecule has 1 N–H and O–H groups in total. The summed E-state index contributed by atoms with van der Waals surface area (Å²) in [6.45, 7) is 4.32. The van der Waals surface area contributed by atoms with Crippen LogP contribution in [0.3, 0.4) is 0 Å². The Kier molecular flexibility index (Phi) is 11.7. The molecule has 0 fully saturated rings. The average molecular weight is 347 g/mol. The number of unbranched alkanes of at least 4 members (excludes halogenated alkanes) is 2. The van der Waals surface area contributed by atoms with Crippen LogP contribution < -0.4 is 3.78 Å². The molecule has 0 atom stereocenters. The topological polar surface area (TPSA) is 50.4 Å². The first-order chi connectivity index (χ1) is 8.29. The Morgan fingerprint density at radius 1 is 1.29 bits per heavy atom. The molecule has 0 bridgehead atoms. The second kappa shape index (κ2) is 12.0. The van der Waals surface area contributed by atoms with Crippen LogP contribution in [0.5, 0.6) is 0 Å². The van der Waals surface area contributed by atoms with Crippen molar-refractivity contribution in [1.29, 1.82) is 0 Å². The normalized spacial score (nSPS) is 9.82. The molecule has 0 amide bonds. The SMILES string of the molecule is CCC[CH2][SnH]([CH2]CCC)[c]1ccco1.O=CO. The van der Waals surface area contributed by atoms with E-state index in [0.29, 0.717) is 0 Å². The van der Waals surface area contributed by atoms with Crippen molar-refractivity contribution in [2.75, 3.05) is 0 Å². The van der Waals surface area contributed by atoms with Crippen molar-refractivity contribution in [2.24, 2.45) is 0 Å². The van der Waals surface area contributed by atoms with Gasteiger partial charge in [-0.2, -0.15) is 0 Å². The summed E-state index contributed by atoms with van der Waals surface area (Å²) in [5.74, 6) is 0. The molecular formula is C13H24O3Sn. The van der Waals surface area contributed by atoms with Gasteiger partial charge in [0.1, 0.15) is 0 Å². The van der Waals surface area contributed by atoms with Crippen molar-refractivity contribution in [3.05, 3.63) is 18.4 Å². The molecule has 0 saturated carbocycles. The van der Waals surface area contributed by atoms with Gasteiger partial charge in [-0.1, -0.05) is 0 Å². The number of hydrogen-bond acceptors (Lipinski definition) is 2. The molecule has 17 heavy (non-hydrogen) atoms. The van der Waals surface area contributed by atoms with E-state index in [4.69, 9.17) is 14.3 Å². The van der Waals surface area contributed by atoms with E-state index in [2.05, 4.69) is 26.0 Å². The van der Waals surface area contributed by atoms with Crippen molar-refractivity contribution in [2.45, 2.75) is 48.4 Å². The van der Waals surface area contributed by atoms with Gasteiger partial charge in [-0.05, 0) is 0 Å². The number of carboxylic acid groups (broad SMARTS) is 1. The van der Waals surface area contributed by atoms with Gasteiger partial charge >= 0.3 is 94.8 Å². The molecule has 0 spiro atoms. The smallest absolute Gasteiger partial charge is 0.290 e. The van der Waals surface area contributed by atoms with Crippen molar-refractivity contribution >= 4 is 30.0 Å². The monoisotopic (exact) mass is 348 g/mol.